The zero-order chi connectivity index (χ0) is 15.2. The summed E-state index contributed by atoms with van der Waals surface area (Å²) in [5.41, 5.74) is -1.23. The second-order valence-corrected chi connectivity index (χ2v) is 4.86. The topological polar surface area (TPSA) is 100 Å². The quantitative estimate of drug-likeness (QED) is 0.712. The van der Waals surface area contributed by atoms with Crippen molar-refractivity contribution in [2.24, 2.45) is 0 Å². The van der Waals surface area contributed by atoms with Crippen LogP contribution in [0.3, 0.4) is 0 Å². The van der Waals surface area contributed by atoms with Gasteiger partial charge in [-0.25, -0.2) is 9.59 Å². The predicted molar refractivity (Wildman–Crippen MR) is 72.1 cm³/mol. The van der Waals surface area contributed by atoms with Gasteiger partial charge in [0.2, 0.25) is 0 Å². The van der Waals surface area contributed by atoms with Crippen molar-refractivity contribution in [3.05, 3.63) is 12.4 Å². The van der Waals surface area contributed by atoms with E-state index in [0.717, 1.165) is 0 Å². The van der Waals surface area contributed by atoms with Gasteiger partial charge in [0.1, 0.15) is 5.54 Å². The van der Waals surface area contributed by atoms with Crippen LogP contribution >= 0.6 is 0 Å². The number of aryl methyl sites for hydroxylation is 1. The molecule has 0 aliphatic heterocycles. The molecule has 8 heteroatoms. The number of amides is 2. The minimum atomic E-state index is -1.23. The van der Waals surface area contributed by atoms with Gasteiger partial charge >= 0.3 is 12.0 Å². The molecule has 1 aromatic heterocycles. The van der Waals surface area contributed by atoms with Crippen molar-refractivity contribution >= 4 is 12.0 Å². The number of carboxylic acids is 1. The predicted octanol–water partition coefficient (Wildman–Crippen LogP) is 0.563. The third kappa shape index (κ3) is 3.94. The first kappa shape index (κ1) is 15.9. The molecule has 20 heavy (non-hydrogen) atoms. The van der Waals surface area contributed by atoms with Crippen LogP contribution in [0.4, 0.5) is 4.79 Å². The maximum absolute atomic E-state index is 12.0. The van der Waals surface area contributed by atoms with Gasteiger partial charge in [-0.1, -0.05) is 5.21 Å². The minimum Gasteiger partial charge on any atom is -0.480 e. The molecule has 0 fully saturated rings. The van der Waals surface area contributed by atoms with Crippen LogP contribution in [-0.4, -0.2) is 55.6 Å². The summed E-state index contributed by atoms with van der Waals surface area (Å²) < 4.78 is 1.67. The van der Waals surface area contributed by atoms with Crippen LogP contribution in [0.25, 0.3) is 0 Å². The highest BCUT2D eigenvalue weighted by Crippen LogP contribution is 2.14. The van der Waals surface area contributed by atoms with Gasteiger partial charge in [-0.05, 0) is 27.2 Å². The molecule has 0 spiro atoms. The summed E-state index contributed by atoms with van der Waals surface area (Å²) >= 11 is 0. The van der Waals surface area contributed by atoms with Crippen LogP contribution in [-0.2, 0) is 11.3 Å². The van der Waals surface area contributed by atoms with Crippen molar-refractivity contribution in [1.82, 2.24) is 25.2 Å². The number of carboxylic acid groups (broad SMARTS) is 1. The summed E-state index contributed by atoms with van der Waals surface area (Å²) in [5.74, 6) is -1.03. The Kier molecular flexibility index (Phi) is 5.48. The number of hydrogen-bond donors (Lipinski definition) is 2. The number of hydrogen-bond acceptors (Lipinski definition) is 4. The molecule has 0 aromatic carbocycles. The van der Waals surface area contributed by atoms with Gasteiger partial charge in [0.05, 0.1) is 6.20 Å². The highest BCUT2D eigenvalue weighted by atomic mass is 16.4. The maximum Gasteiger partial charge on any atom is 0.329 e. The number of urea groups is 1. The third-order valence-electron chi connectivity index (χ3n) is 3.07. The second kappa shape index (κ2) is 6.88. The lowest BCUT2D eigenvalue weighted by atomic mass is 10.0. The number of nitrogens with zero attached hydrogens (tertiary/aromatic N) is 4. The van der Waals surface area contributed by atoms with Crippen LogP contribution < -0.4 is 5.32 Å². The van der Waals surface area contributed by atoms with E-state index in [9.17, 15) is 9.59 Å². The van der Waals surface area contributed by atoms with Crippen molar-refractivity contribution in [2.75, 3.05) is 13.1 Å². The van der Waals surface area contributed by atoms with E-state index >= 15 is 0 Å². The molecule has 8 nitrogen and oxygen atoms in total. The number of carbonyl (C=O) groups excluding carboxylic acids is 1. The molecule has 1 aromatic rings. The zero-order valence-corrected chi connectivity index (χ0v) is 12.0. The van der Waals surface area contributed by atoms with Gasteiger partial charge in [0, 0.05) is 25.8 Å². The lowest BCUT2D eigenvalue weighted by Crippen LogP contribution is -2.56. The van der Waals surface area contributed by atoms with E-state index in [1.54, 1.807) is 24.0 Å². The molecule has 0 saturated heterocycles. The van der Waals surface area contributed by atoms with Gasteiger partial charge in [-0.2, -0.15) is 0 Å². The molecule has 0 bridgehead atoms. The summed E-state index contributed by atoms with van der Waals surface area (Å²) in [6.45, 7) is 6.19. The highest BCUT2D eigenvalue weighted by Gasteiger charge is 2.36. The average molecular weight is 283 g/mol. The van der Waals surface area contributed by atoms with Gasteiger partial charge < -0.3 is 15.3 Å². The molecule has 112 valence electrons. The van der Waals surface area contributed by atoms with E-state index in [-0.39, 0.29) is 6.03 Å². The number of likely N-dealkylation sites (N-methyl/N-ethyl adjacent to an activating group) is 1. The first-order chi connectivity index (χ1) is 9.39. The average Bonchev–Trinajstić information content (AvgIpc) is 2.88. The second-order valence-electron chi connectivity index (χ2n) is 4.86. The first-order valence-corrected chi connectivity index (χ1v) is 6.52. The molecule has 0 saturated carbocycles. The number of rotatable bonds is 7. The van der Waals surface area contributed by atoms with E-state index in [4.69, 9.17) is 5.11 Å². The van der Waals surface area contributed by atoms with Crippen molar-refractivity contribution in [3.8, 4) is 0 Å². The molecule has 1 heterocycles. The fraction of sp³-hybridized carbons (Fsp3) is 0.667. The van der Waals surface area contributed by atoms with E-state index in [2.05, 4.69) is 15.6 Å². The monoisotopic (exact) mass is 283 g/mol. The van der Waals surface area contributed by atoms with Gasteiger partial charge in [0.25, 0.3) is 0 Å². The fourth-order valence-corrected chi connectivity index (χ4v) is 1.79. The molecule has 2 amide bonds. The van der Waals surface area contributed by atoms with E-state index in [1.807, 2.05) is 0 Å². The lowest BCUT2D eigenvalue weighted by molar-refractivity contribution is -0.147. The van der Waals surface area contributed by atoms with E-state index in [1.165, 1.54) is 18.7 Å². The van der Waals surface area contributed by atoms with Crippen LogP contribution in [0, 0.1) is 0 Å². The summed E-state index contributed by atoms with van der Waals surface area (Å²) in [6.07, 6.45) is 4.03. The summed E-state index contributed by atoms with van der Waals surface area (Å²) in [4.78, 5) is 24.5. The Labute approximate surface area is 117 Å². The Hall–Kier alpha value is -2.12. The van der Waals surface area contributed by atoms with Crippen LogP contribution in [0.5, 0.6) is 0 Å². The molecular weight excluding hydrogens is 262 g/mol. The van der Waals surface area contributed by atoms with E-state index < -0.39 is 11.5 Å². The highest BCUT2D eigenvalue weighted by molar-refractivity contribution is 5.85. The maximum atomic E-state index is 12.0. The molecular formula is C12H21N5O3. The molecule has 0 atom stereocenters. The molecule has 2 N–H and O–H groups in total. The lowest BCUT2D eigenvalue weighted by Gasteiger charge is -2.34. The Morgan fingerprint density at radius 1 is 1.45 bits per heavy atom. The minimum absolute atomic E-state index is 0.328. The standard InChI is InChI=1S/C12H21N5O3/c1-4-17(12(2,3)10(18)19)11(20)13-6-5-8-16-9-7-14-15-16/h7,9H,4-6,8H2,1-3H3,(H,13,20)(H,18,19). The third-order valence-corrected chi connectivity index (χ3v) is 3.07. The van der Waals surface area contributed by atoms with Crippen LogP contribution in [0.15, 0.2) is 12.4 Å². The fourth-order valence-electron chi connectivity index (χ4n) is 1.79. The van der Waals surface area contributed by atoms with Crippen molar-refractivity contribution in [3.63, 3.8) is 0 Å². The van der Waals surface area contributed by atoms with E-state index in [0.29, 0.717) is 26.1 Å². The Morgan fingerprint density at radius 3 is 2.65 bits per heavy atom. The van der Waals surface area contributed by atoms with Gasteiger partial charge in [-0.3, -0.25) is 4.68 Å². The number of aliphatic carboxylic acids is 1. The van der Waals surface area contributed by atoms with Crippen LogP contribution in [0.1, 0.15) is 27.2 Å². The zero-order valence-electron chi connectivity index (χ0n) is 12.0. The summed E-state index contributed by atoms with van der Waals surface area (Å²) in [7, 11) is 0. The first-order valence-electron chi connectivity index (χ1n) is 6.52. The molecule has 0 unspecified atom stereocenters. The smallest absolute Gasteiger partial charge is 0.329 e. The molecule has 0 radical (unpaired) electrons. The number of carbonyl (C=O) groups is 2. The Morgan fingerprint density at radius 2 is 2.15 bits per heavy atom. The number of aromatic nitrogens is 3. The van der Waals surface area contributed by atoms with Crippen molar-refractivity contribution in [1.29, 1.82) is 0 Å². The Bertz CT molecular complexity index is 444. The van der Waals surface area contributed by atoms with Gasteiger partial charge in [-0.15, -0.1) is 5.10 Å². The normalized spacial score (nSPS) is 11.2. The van der Waals surface area contributed by atoms with Gasteiger partial charge in [0.15, 0.2) is 0 Å². The van der Waals surface area contributed by atoms with Crippen molar-refractivity contribution in [2.45, 2.75) is 39.3 Å². The molecule has 1 rings (SSSR count). The molecule has 0 aliphatic carbocycles. The Balaban J connectivity index is 2.42. The summed E-state index contributed by atoms with van der Waals surface area (Å²) in [5, 5.41) is 19.4. The van der Waals surface area contributed by atoms with Crippen molar-refractivity contribution < 1.29 is 14.7 Å². The summed E-state index contributed by atoms with van der Waals surface area (Å²) in [6, 6.07) is -0.376. The molecule has 0 aliphatic rings. The SMILES string of the molecule is CCN(C(=O)NCCCn1ccnn1)C(C)(C)C(=O)O. The van der Waals surface area contributed by atoms with Crippen LogP contribution in [0.2, 0.25) is 0 Å². The number of nitrogens with one attached hydrogen (secondary N) is 1. The largest absolute Gasteiger partial charge is 0.480 e.